The number of hydrogen-bond donors (Lipinski definition) is 1. The average Bonchev–Trinajstić information content (AvgIpc) is 2.53. The summed E-state index contributed by atoms with van der Waals surface area (Å²) < 4.78 is 30.8. The molecule has 0 spiro atoms. The van der Waals surface area contributed by atoms with Gasteiger partial charge in [0.2, 0.25) is 15.9 Å². The minimum atomic E-state index is -3.66. The Kier molecular flexibility index (Phi) is 5.92. The van der Waals surface area contributed by atoms with Gasteiger partial charge in [-0.25, -0.2) is 8.42 Å². The van der Waals surface area contributed by atoms with Gasteiger partial charge in [-0.15, -0.1) is 0 Å². The summed E-state index contributed by atoms with van der Waals surface area (Å²) in [6.45, 7) is 5.43. The van der Waals surface area contributed by atoms with Gasteiger partial charge in [-0.3, -0.25) is 9.10 Å². The molecule has 1 N–H and O–H groups in total. The number of aryl methyl sites for hydroxylation is 2. The fraction of sp³-hybridized carbons (Fsp3) is 0.316. The highest BCUT2D eigenvalue weighted by atomic mass is 32.2. The second-order valence-electron chi connectivity index (χ2n) is 6.30. The molecule has 7 heteroatoms. The molecule has 0 saturated carbocycles. The van der Waals surface area contributed by atoms with Gasteiger partial charge >= 0.3 is 0 Å². The van der Waals surface area contributed by atoms with Crippen LogP contribution in [0.25, 0.3) is 0 Å². The minimum absolute atomic E-state index is 0.399. The summed E-state index contributed by atoms with van der Waals surface area (Å²) in [5, 5.41) is 2.80. The molecular formula is C19H24N2O4S. The Bertz CT molecular complexity index is 872. The van der Waals surface area contributed by atoms with Gasteiger partial charge in [0.15, 0.2) is 0 Å². The molecule has 2 aromatic carbocycles. The van der Waals surface area contributed by atoms with E-state index in [9.17, 15) is 13.2 Å². The van der Waals surface area contributed by atoms with E-state index in [4.69, 9.17) is 4.74 Å². The standard InChI is InChI=1S/C19H24N2O4S/c1-13-10-14(2)12-16(11-13)20-19(22)15(3)21(26(5,23)24)17-6-8-18(25-4)9-7-17/h6-12,15H,1-5H3,(H,20,22)/t15-/m0/s1. The monoisotopic (exact) mass is 376 g/mol. The molecule has 0 radical (unpaired) electrons. The van der Waals surface area contributed by atoms with Gasteiger partial charge < -0.3 is 10.1 Å². The number of hydrogen-bond acceptors (Lipinski definition) is 4. The molecule has 0 unspecified atom stereocenters. The highest BCUT2D eigenvalue weighted by Gasteiger charge is 2.29. The van der Waals surface area contributed by atoms with E-state index in [1.807, 2.05) is 32.0 Å². The van der Waals surface area contributed by atoms with Crippen LogP contribution in [0.4, 0.5) is 11.4 Å². The summed E-state index contributed by atoms with van der Waals surface area (Å²) in [6, 6.07) is 11.3. The number of carbonyl (C=O) groups is 1. The van der Waals surface area contributed by atoms with Crippen LogP contribution in [0.3, 0.4) is 0 Å². The van der Waals surface area contributed by atoms with Crippen molar-refractivity contribution in [2.75, 3.05) is 23.0 Å². The van der Waals surface area contributed by atoms with E-state index >= 15 is 0 Å². The van der Waals surface area contributed by atoms with E-state index in [1.165, 1.54) is 7.11 Å². The lowest BCUT2D eigenvalue weighted by Crippen LogP contribution is -2.45. The third-order valence-electron chi connectivity index (χ3n) is 3.90. The lowest BCUT2D eigenvalue weighted by molar-refractivity contribution is -0.116. The fourth-order valence-electron chi connectivity index (χ4n) is 2.83. The number of amides is 1. The zero-order chi connectivity index (χ0) is 19.5. The minimum Gasteiger partial charge on any atom is -0.497 e. The van der Waals surface area contributed by atoms with E-state index in [-0.39, 0.29) is 0 Å². The Morgan fingerprint density at radius 1 is 1.08 bits per heavy atom. The first kappa shape index (κ1) is 19.8. The first-order valence-corrected chi connectivity index (χ1v) is 9.99. The van der Waals surface area contributed by atoms with Gasteiger partial charge in [0.25, 0.3) is 0 Å². The molecule has 2 aromatic rings. The third-order valence-corrected chi connectivity index (χ3v) is 5.15. The molecule has 140 valence electrons. The molecule has 0 heterocycles. The Hall–Kier alpha value is -2.54. The van der Waals surface area contributed by atoms with Crippen molar-refractivity contribution in [3.8, 4) is 5.75 Å². The maximum absolute atomic E-state index is 12.7. The molecule has 0 aliphatic carbocycles. The van der Waals surface area contributed by atoms with Crippen molar-refractivity contribution in [1.29, 1.82) is 0 Å². The highest BCUT2D eigenvalue weighted by molar-refractivity contribution is 7.92. The van der Waals surface area contributed by atoms with Crippen molar-refractivity contribution in [3.63, 3.8) is 0 Å². The summed E-state index contributed by atoms with van der Waals surface area (Å²) in [5.74, 6) is 0.200. The first-order chi connectivity index (χ1) is 12.1. The van der Waals surface area contributed by atoms with Crippen molar-refractivity contribution in [1.82, 2.24) is 0 Å². The second kappa shape index (κ2) is 7.78. The van der Waals surface area contributed by atoms with E-state index in [2.05, 4.69) is 5.32 Å². The van der Waals surface area contributed by atoms with Gasteiger partial charge in [0, 0.05) is 5.69 Å². The number of anilines is 2. The van der Waals surface area contributed by atoms with Crippen molar-refractivity contribution in [2.24, 2.45) is 0 Å². The van der Waals surface area contributed by atoms with Crippen molar-refractivity contribution in [3.05, 3.63) is 53.6 Å². The number of benzene rings is 2. The van der Waals surface area contributed by atoms with Crippen LogP contribution < -0.4 is 14.4 Å². The van der Waals surface area contributed by atoms with Crippen molar-refractivity contribution < 1.29 is 17.9 Å². The molecule has 0 saturated heterocycles. The Balaban J connectivity index is 2.30. The summed E-state index contributed by atoms with van der Waals surface area (Å²) in [4.78, 5) is 12.7. The molecule has 0 aromatic heterocycles. The fourth-order valence-corrected chi connectivity index (χ4v) is 4.01. The number of nitrogens with zero attached hydrogens (tertiary/aromatic N) is 1. The number of carbonyl (C=O) groups excluding carboxylic acids is 1. The van der Waals surface area contributed by atoms with E-state index in [0.29, 0.717) is 17.1 Å². The second-order valence-corrected chi connectivity index (χ2v) is 8.16. The Morgan fingerprint density at radius 3 is 2.08 bits per heavy atom. The number of methoxy groups -OCH3 is 1. The molecule has 1 atom stereocenters. The lowest BCUT2D eigenvalue weighted by atomic mass is 10.1. The molecular weight excluding hydrogens is 352 g/mol. The summed E-state index contributed by atoms with van der Waals surface area (Å²) >= 11 is 0. The average molecular weight is 376 g/mol. The van der Waals surface area contributed by atoms with Crippen LogP contribution in [0.5, 0.6) is 5.75 Å². The van der Waals surface area contributed by atoms with Crippen LogP contribution >= 0.6 is 0 Å². The Labute approximate surface area is 154 Å². The van der Waals surface area contributed by atoms with Crippen LogP contribution in [-0.2, 0) is 14.8 Å². The van der Waals surface area contributed by atoms with E-state index in [1.54, 1.807) is 31.2 Å². The molecule has 2 rings (SSSR count). The van der Waals surface area contributed by atoms with E-state index < -0.39 is 22.0 Å². The van der Waals surface area contributed by atoms with Crippen LogP contribution in [-0.4, -0.2) is 33.7 Å². The summed E-state index contributed by atoms with van der Waals surface area (Å²) in [7, 11) is -2.13. The van der Waals surface area contributed by atoms with Gasteiger partial charge in [0.05, 0.1) is 19.1 Å². The number of rotatable bonds is 6. The maximum atomic E-state index is 12.7. The topological polar surface area (TPSA) is 75.7 Å². The quantitative estimate of drug-likeness (QED) is 0.840. The van der Waals surface area contributed by atoms with Crippen LogP contribution in [0.1, 0.15) is 18.1 Å². The van der Waals surface area contributed by atoms with Crippen molar-refractivity contribution in [2.45, 2.75) is 26.8 Å². The van der Waals surface area contributed by atoms with Crippen LogP contribution in [0.15, 0.2) is 42.5 Å². The number of nitrogens with one attached hydrogen (secondary N) is 1. The predicted molar refractivity (Wildman–Crippen MR) is 104 cm³/mol. The largest absolute Gasteiger partial charge is 0.497 e. The van der Waals surface area contributed by atoms with E-state index in [0.717, 1.165) is 21.7 Å². The molecule has 0 fully saturated rings. The lowest BCUT2D eigenvalue weighted by Gasteiger charge is -2.28. The van der Waals surface area contributed by atoms with Crippen LogP contribution in [0, 0.1) is 13.8 Å². The number of ether oxygens (including phenoxy) is 1. The zero-order valence-electron chi connectivity index (χ0n) is 15.6. The molecule has 1 amide bonds. The molecule has 0 bridgehead atoms. The molecule has 6 nitrogen and oxygen atoms in total. The first-order valence-electron chi connectivity index (χ1n) is 8.14. The van der Waals surface area contributed by atoms with Crippen molar-refractivity contribution >= 4 is 27.3 Å². The highest BCUT2D eigenvalue weighted by Crippen LogP contribution is 2.24. The van der Waals surface area contributed by atoms with Gasteiger partial charge in [-0.1, -0.05) is 6.07 Å². The van der Waals surface area contributed by atoms with Gasteiger partial charge in [-0.2, -0.15) is 0 Å². The molecule has 26 heavy (non-hydrogen) atoms. The maximum Gasteiger partial charge on any atom is 0.247 e. The van der Waals surface area contributed by atoms with Crippen LogP contribution in [0.2, 0.25) is 0 Å². The normalized spacial score (nSPS) is 12.3. The molecule has 0 aliphatic rings. The van der Waals surface area contributed by atoms with Gasteiger partial charge in [0.1, 0.15) is 11.8 Å². The van der Waals surface area contributed by atoms with Gasteiger partial charge in [-0.05, 0) is 68.3 Å². The summed E-state index contributed by atoms with van der Waals surface area (Å²) in [5.41, 5.74) is 3.07. The Morgan fingerprint density at radius 2 is 1.62 bits per heavy atom. The third kappa shape index (κ3) is 4.76. The smallest absolute Gasteiger partial charge is 0.247 e. The zero-order valence-corrected chi connectivity index (χ0v) is 16.4. The predicted octanol–water partition coefficient (Wildman–Crippen LogP) is 3.11. The molecule has 0 aliphatic heterocycles. The number of sulfonamides is 1. The SMILES string of the molecule is COc1ccc(N([C@@H](C)C(=O)Nc2cc(C)cc(C)c2)S(C)(=O)=O)cc1. The summed E-state index contributed by atoms with van der Waals surface area (Å²) in [6.07, 6.45) is 1.08.